The lowest BCUT2D eigenvalue weighted by molar-refractivity contribution is 0.1000. The molecule has 19 heavy (non-hydrogen) atoms. The third-order valence-corrected chi connectivity index (χ3v) is 5.24. The minimum Gasteiger partial charge on any atom is -0.398 e. The van der Waals surface area contributed by atoms with Crippen LogP contribution in [0.25, 0.3) is 0 Å². The molecular weight excluding hydrogens is 266 g/mol. The van der Waals surface area contributed by atoms with E-state index >= 15 is 0 Å². The highest BCUT2D eigenvalue weighted by atomic mass is 32.2. The second kappa shape index (κ2) is 4.82. The van der Waals surface area contributed by atoms with Gasteiger partial charge in [-0.3, -0.25) is 4.79 Å². The summed E-state index contributed by atoms with van der Waals surface area (Å²) in [6.07, 6.45) is 0.846. The Morgan fingerprint density at radius 1 is 1.42 bits per heavy atom. The van der Waals surface area contributed by atoms with Crippen molar-refractivity contribution in [2.45, 2.75) is 18.2 Å². The third kappa shape index (κ3) is 2.57. The van der Waals surface area contributed by atoms with Gasteiger partial charge in [0.05, 0.1) is 5.69 Å². The van der Waals surface area contributed by atoms with Gasteiger partial charge < -0.3 is 11.5 Å². The molecule has 1 atom stereocenters. The Labute approximate surface area is 112 Å². The Hall–Kier alpha value is -1.60. The lowest BCUT2D eigenvalue weighted by Crippen LogP contribution is -2.29. The van der Waals surface area contributed by atoms with Crippen molar-refractivity contribution in [1.29, 1.82) is 0 Å². The van der Waals surface area contributed by atoms with Gasteiger partial charge in [0.1, 0.15) is 4.90 Å². The standard InChI is InChI=1S/C12H17N3O3S/c1-8-4-5-15(7-8)19(17,18)11-3-2-9(12(14)16)6-10(11)13/h2-3,6,8H,4-5,7,13H2,1H3,(H2,14,16). The summed E-state index contributed by atoms with van der Waals surface area (Å²) in [7, 11) is -3.59. The predicted molar refractivity (Wildman–Crippen MR) is 71.9 cm³/mol. The fraction of sp³-hybridized carbons (Fsp3) is 0.417. The molecule has 4 N–H and O–H groups in total. The average molecular weight is 283 g/mol. The first-order valence-corrected chi connectivity index (χ1v) is 7.46. The van der Waals surface area contributed by atoms with E-state index in [4.69, 9.17) is 11.5 Å². The maximum Gasteiger partial charge on any atom is 0.248 e. The molecule has 0 radical (unpaired) electrons. The zero-order valence-electron chi connectivity index (χ0n) is 10.7. The van der Waals surface area contributed by atoms with Gasteiger partial charge in [-0.2, -0.15) is 4.31 Å². The van der Waals surface area contributed by atoms with E-state index in [1.165, 1.54) is 22.5 Å². The van der Waals surface area contributed by atoms with Crippen LogP contribution in [0.2, 0.25) is 0 Å². The van der Waals surface area contributed by atoms with Crippen LogP contribution in [0, 0.1) is 5.92 Å². The monoisotopic (exact) mass is 283 g/mol. The van der Waals surface area contributed by atoms with Crippen molar-refractivity contribution in [3.63, 3.8) is 0 Å². The molecule has 0 aromatic heterocycles. The predicted octanol–water partition coefficient (Wildman–Crippen LogP) is 0.398. The van der Waals surface area contributed by atoms with Gasteiger partial charge in [-0.15, -0.1) is 0 Å². The number of primary amides is 1. The summed E-state index contributed by atoms with van der Waals surface area (Å²) in [5.74, 6) is -0.286. The summed E-state index contributed by atoms with van der Waals surface area (Å²) in [6, 6.07) is 4.02. The number of hydrogen-bond donors (Lipinski definition) is 2. The molecule has 7 heteroatoms. The summed E-state index contributed by atoms with van der Waals surface area (Å²) < 4.78 is 26.2. The number of sulfonamides is 1. The lowest BCUT2D eigenvalue weighted by atomic mass is 10.2. The van der Waals surface area contributed by atoms with Crippen molar-refractivity contribution >= 4 is 21.6 Å². The Morgan fingerprint density at radius 2 is 2.11 bits per heavy atom. The minimum absolute atomic E-state index is 0.0339. The van der Waals surface area contributed by atoms with Crippen LogP contribution in [0.4, 0.5) is 5.69 Å². The Kier molecular flexibility index (Phi) is 3.51. The molecular formula is C12H17N3O3S. The molecule has 0 spiro atoms. The highest BCUT2D eigenvalue weighted by Crippen LogP contribution is 2.27. The molecule has 1 aromatic carbocycles. The summed E-state index contributed by atoms with van der Waals surface area (Å²) in [5, 5.41) is 0. The van der Waals surface area contributed by atoms with Gasteiger partial charge in [0.15, 0.2) is 0 Å². The summed E-state index contributed by atoms with van der Waals surface area (Å²) in [5.41, 5.74) is 11.1. The maximum absolute atomic E-state index is 12.4. The SMILES string of the molecule is CC1CCN(S(=O)(=O)c2ccc(C(N)=O)cc2N)C1. The molecule has 0 aliphatic carbocycles. The highest BCUT2D eigenvalue weighted by Gasteiger charge is 2.31. The largest absolute Gasteiger partial charge is 0.398 e. The van der Waals surface area contributed by atoms with Crippen LogP contribution in [-0.2, 0) is 10.0 Å². The number of benzene rings is 1. The number of carbonyl (C=O) groups excluding carboxylic acids is 1. The zero-order valence-corrected chi connectivity index (χ0v) is 11.5. The quantitative estimate of drug-likeness (QED) is 0.783. The van der Waals surface area contributed by atoms with E-state index in [0.29, 0.717) is 19.0 Å². The minimum atomic E-state index is -3.59. The fourth-order valence-corrected chi connectivity index (χ4v) is 3.86. The molecule has 1 heterocycles. The molecule has 1 amide bonds. The van der Waals surface area contributed by atoms with Gasteiger partial charge in [0.2, 0.25) is 15.9 Å². The average Bonchev–Trinajstić information content (AvgIpc) is 2.76. The molecule has 2 rings (SSSR count). The van der Waals surface area contributed by atoms with Gasteiger partial charge in [0, 0.05) is 18.7 Å². The van der Waals surface area contributed by atoms with E-state index in [1.54, 1.807) is 0 Å². The van der Waals surface area contributed by atoms with Crippen molar-refractivity contribution in [1.82, 2.24) is 4.31 Å². The summed E-state index contributed by atoms with van der Waals surface area (Å²) >= 11 is 0. The van der Waals surface area contributed by atoms with E-state index in [1.807, 2.05) is 6.92 Å². The van der Waals surface area contributed by atoms with Crippen molar-refractivity contribution < 1.29 is 13.2 Å². The second-order valence-electron chi connectivity index (χ2n) is 4.87. The van der Waals surface area contributed by atoms with Crippen molar-refractivity contribution in [2.75, 3.05) is 18.8 Å². The van der Waals surface area contributed by atoms with E-state index in [0.717, 1.165) is 6.42 Å². The third-order valence-electron chi connectivity index (χ3n) is 3.30. The normalized spacial score (nSPS) is 20.6. The molecule has 0 saturated carbocycles. The first-order chi connectivity index (χ1) is 8.82. The fourth-order valence-electron chi connectivity index (χ4n) is 2.19. The van der Waals surface area contributed by atoms with Gasteiger partial charge >= 0.3 is 0 Å². The van der Waals surface area contributed by atoms with Crippen LogP contribution >= 0.6 is 0 Å². The number of nitrogens with zero attached hydrogens (tertiary/aromatic N) is 1. The van der Waals surface area contributed by atoms with Gasteiger partial charge in [-0.1, -0.05) is 6.92 Å². The van der Waals surface area contributed by atoms with Crippen LogP contribution in [0.15, 0.2) is 23.1 Å². The lowest BCUT2D eigenvalue weighted by Gasteiger charge is -2.17. The van der Waals surface area contributed by atoms with Gasteiger partial charge in [-0.05, 0) is 30.5 Å². The topological polar surface area (TPSA) is 106 Å². The van der Waals surface area contributed by atoms with E-state index in [9.17, 15) is 13.2 Å². The molecule has 1 aliphatic rings. The maximum atomic E-state index is 12.4. The second-order valence-corrected chi connectivity index (χ2v) is 6.78. The number of rotatable bonds is 3. The van der Waals surface area contributed by atoms with Gasteiger partial charge in [-0.25, -0.2) is 8.42 Å². The van der Waals surface area contributed by atoms with Crippen LogP contribution in [-0.4, -0.2) is 31.7 Å². The van der Waals surface area contributed by atoms with Crippen LogP contribution in [0.1, 0.15) is 23.7 Å². The molecule has 6 nitrogen and oxygen atoms in total. The van der Waals surface area contributed by atoms with E-state index in [-0.39, 0.29) is 16.1 Å². The van der Waals surface area contributed by atoms with Crippen molar-refractivity contribution in [2.24, 2.45) is 11.7 Å². The zero-order chi connectivity index (χ0) is 14.2. The molecule has 0 bridgehead atoms. The van der Waals surface area contributed by atoms with Crippen LogP contribution < -0.4 is 11.5 Å². The molecule has 1 unspecified atom stereocenters. The van der Waals surface area contributed by atoms with E-state index in [2.05, 4.69) is 0 Å². The Morgan fingerprint density at radius 3 is 2.58 bits per heavy atom. The summed E-state index contributed by atoms with van der Waals surface area (Å²) in [4.78, 5) is 11.1. The Bertz CT molecular complexity index is 613. The number of anilines is 1. The van der Waals surface area contributed by atoms with Crippen molar-refractivity contribution in [3.8, 4) is 0 Å². The molecule has 1 aromatic rings. The first-order valence-electron chi connectivity index (χ1n) is 6.02. The van der Waals surface area contributed by atoms with Crippen LogP contribution in [0.5, 0.6) is 0 Å². The number of nitrogens with two attached hydrogens (primary N) is 2. The molecule has 1 saturated heterocycles. The number of hydrogen-bond acceptors (Lipinski definition) is 4. The smallest absolute Gasteiger partial charge is 0.248 e. The molecule has 1 fully saturated rings. The van der Waals surface area contributed by atoms with Gasteiger partial charge in [0.25, 0.3) is 0 Å². The van der Waals surface area contributed by atoms with Crippen molar-refractivity contribution in [3.05, 3.63) is 23.8 Å². The van der Waals surface area contributed by atoms with E-state index < -0.39 is 15.9 Å². The number of nitrogen functional groups attached to an aromatic ring is 1. The number of carbonyl (C=O) groups is 1. The molecule has 104 valence electrons. The summed E-state index contributed by atoms with van der Waals surface area (Å²) in [6.45, 7) is 3.01. The Balaban J connectivity index is 2.38. The highest BCUT2D eigenvalue weighted by molar-refractivity contribution is 7.89. The number of amides is 1. The first kappa shape index (κ1) is 13.8. The molecule has 1 aliphatic heterocycles. The van der Waals surface area contributed by atoms with Crippen LogP contribution in [0.3, 0.4) is 0 Å².